The van der Waals surface area contributed by atoms with Gasteiger partial charge in [-0.05, 0) is 27.3 Å². The van der Waals surface area contributed by atoms with Gasteiger partial charge in [-0.3, -0.25) is 4.79 Å². The number of nitrogens with zero attached hydrogens (tertiary/aromatic N) is 1. The average molecular weight is 244 g/mol. The molecule has 0 bridgehead atoms. The van der Waals surface area contributed by atoms with Crippen molar-refractivity contribution < 1.29 is 9.90 Å². The van der Waals surface area contributed by atoms with Gasteiger partial charge in [0.2, 0.25) is 0 Å². The molecule has 2 unspecified atom stereocenters. The van der Waals surface area contributed by atoms with Crippen LogP contribution in [-0.4, -0.2) is 11.1 Å². The molecule has 0 aliphatic heterocycles. The molecule has 0 radical (unpaired) electrons. The lowest BCUT2D eigenvalue weighted by Gasteiger charge is -1.96. The second-order valence-corrected chi connectivity index (χ2v) is 4.64. The molecule has 1 rings (SSSR count). The third kappa shape index (κ3) is 1.75. The Balaban J connectivity index is 2.79. The van der Waals surface area contributed by atoms with Crippen molar-refractivity contribution in [3.05, 3.63) is 10.6 Å². The maximum atomic E-state index is 10.7. The highest BCUT2D eigenvalue weighted by Crippen LogP contribution is 2.59. The van der Waals surface area contributed by atoms with Crippen LogP contribution < -0.4 is 0 Å². The summed E-state index contributed by atoms with van der Waals surface area (Å²) in [6, 6.07) is 1.92. The van der Waals surface area contributed by atoms with Crippen LogP contribution in [0.1, 0.15) is 13.8 Å². The second kappa shape index (κ2) is 3.15. The Kier molecular flexibility index (Phi) is 2.49. The number of rotatable bonds is 2. The number of carboxylic acid groups (broad SMARTS) is 1. The van der Waals surface area contributed by atoms with Crippen molar-refractivity contribution in [1.82, 2.24) is 0 Å². The molecule has 1 aliphatic rings. The van der Waals surface area contributed by atoms with Crippen molar-refractivity contribution in [1.29, 1.82) is 5.26 Å². The molecule has 0 aromatic rings. The van der Waals surface area contributed by atoms with Crippen molar-refractivity contribution in [3.8, 4) is 6.07 Å². The van der Waals surface area contributed by atoms with Gasteiger partial charge in [-0.2, -0.15) is 5.26 Å². The Hall–Kier alpha value is -0.820. The Morgan fingerprint density at radius 3 is 2.54 bits per heavy atom. The molecule has 0 heterocycles. The largest absolute Gasteiger partial charge is 0.481 e. The van der Waals surface area contributed by atoms with Crippen molar-refractivity contribution >= 4 is 21.9 Å². The van der Waals surface area contributed by atoms with Crippen molar-refractivity contribution in [2.24, 2.45) is 17.3 Å². The van der Waals surface area contributed by atoms with Gasteiger partial charge in [-0.15, -0.1) is 0 Å². The fourth-order valence-corrected chi connectivity index (χ4v) is 1.94. The van der Waals surface area contributed by atoms with E-state index in [9.17, 15) is 4.79 Å². The van der Waals surface area contributed by atoms with Crippen LogP contribution in [0, 0.1) is 28.6 Å². The van der Waals surface area contributed by atoms with Crippen LogP contribution in [0.2, 0.25) is 0 Å². The molecule has 0 aromatic heterocycles. The minimum absolute atomic E-state index is 0.0287. The van der Waals surface area contributed by atoms with E-state index in [4.69, 9.17) is 10.4 Å². The van der Waals surface area contributed by atoms with Gasteiger partial charge in [0.15, 0.2) is 0 Å². The van der Waals surface area contributed by atoms with Crippen LogP contribution in [0.15, 0.2) is 10.6 Å². The molecule has 1 saturated carbocycles. The first-order valence-corrected chi connectivity index (χ1v) is 4.70. The lowest BCUT2D eigenvalue weighted by atomic mass is 10.1. The van der Waals surface area contributed by atoms with Crippen LogP contribution in [0.25, 0.3) is 0 Å². The van der Waals surface area contributed by atoms with E-state index in [1.165, 1.54) is 0 Å². The van der Waals surface area contributed by atoms with Gasteiger partial charge in [-0.25, -0.2) is 0 Å². The summed E-state index contributed by atoms with van der Waals surface area (Å²) in [6.07, 6.45) is 1.68. The van der Waals surface area contributed by atoms with E-state index in [0.717, 1.165) is 0 Å². The quantitative estimate of drug-likeness (QED) is 0.757. The molecule has 0 aromatic carbocycles. The number of allylic oxidation sites excluding steroid dienone is 2. The first-order valence-electron chi connectivity index (χ1n) is 3.91. The highest BCUT2D eigenvalue weighted by molar-refractivity contribution is 9.12. The van der Waals surface area contributed by atoms with Gasteiger partial charge in [0.05, 0.1) is 10.4 Å². The number of nitriles is 1. The number of hydrogen-bond donors (Lipinski definition) is 1. The highest BCUT2D eigenvalue weighted by Gasteiger charge is 2.60. The molecule has 0 saturated heterocycles. The smallest absolute Gasteiger partial charge is 0.307 e. The molecule has 13 heavy (non-hydrogen) atoms. The summed E-state index contributed by atoms with van der Waals surface area (Å²) < 4.78 is 0.411. The SMILES string of the molecule is CC1(C)C(/C=C(/Br)C#N)C1C(=O)O. The summed E-state index contributed by atoms with van der Waals surface area (Å²) in [7, 11) is 0. The second-order valence-electron chi connectivity index (χ2n) is 3.79. The Labute approximate surface area is 85.2 Å². The number of carboxylic acids is 1. The lowest BCUT2D eigenvalue weighted by Crippen LogP contribution is -2.02. The van der Waals surface area contributed by atoms with Crippen LogP contribution in [0.3, 0.4) is 0 Å². The molecule has 3 nitrogen and oxygen atoms in total. The molecule has 70 valence electrons. The number of aliphatic carboxylic acids is 1. The van der Waals surface area contributed by atoms with Gasteiger partial charge in [0, 0.05) is 0 Å². The minimum atomic E-state index is -0.788. The summed E-state index contributed by atoms with van der Waals surface area (Å²) in [4.78, 5) is 10.7. The van der Waals surface area contributed by atoms with Crippen LogP contribution >= 0.6 is 15.9 Å². The monoisotopic (exact) mass is 243 g/mol. The third-order valence-corrected chi connectivity index (χ3v) is 3.05. The molecule has 4 heteroatoms. The van der Waals surface area contributed by atoms with Crippen molar-refractivity contribution in [2.75, 3.05) is 0 Å². The summed E-state index contributed by atoms with van der Waals surface area (Å²) >= 11 is 3.05. The van der Waals surface area contributed by atoms with Crippen LogP contribution in [0.4, 0.5) is 0 Å². The molecular weight excluding hydrogens is 234 g/mol. The van der Waals surface area contributed by atoms with Gasteiger partial charge >= 0.3 is 5.97 Å². The zero-order valence-corrected chi connectivity index (χ0v) is 9.00. The average Bonchev–Trinajstić information content (AvgIpc) is 2.53. The maximum absolute atomic E-state index is 10.7. The van der Waals surface area contributed by atoms with Gasteiger partial charge < -0.3 is 5.11 Å². The molecule has 1 fully saturated rings. The Morgan fingerprint density at radius 2 is 2.23 bits per heavy atom. The summed E-state index contributed by atoms with van der Waals surface area (Å²) in [5, 5.41) is 17.3. The van der Waals surface area contributed by atoms with Gasteiger partial charge in [0.1, 0.15) is 6.07 Å². The fraction of sp³-hybridized carbons (Fsp3) is 0.556. The molecule has 0 amide bonds. The molecule has 2 atom stereocenters. The van der Waals surface area contributed by atoms with E-state index in [1.807, 2.05) is 19.9 Å². The van der Waals surface area contributed by atoms with E-state index >= 15 is 0 Å². The minimum Gasteiger partial charge on any atom is -0.481 e. The van der Waals surface area contributed by atoms with Crippen molar-refractivity contribution in [2.45, 2.75) is 13.8 Å². The summed E-state index contributed by atoms with van der Waals surface area (Å²) in [5.41, 5.74) is -0.221. The van der Waals surface area contributed by atoms with Crippen LogP contribution in [0.5, 0.6) is 0 Å². The number of halogens is 1. The molecular formula is C9H10BrNO2. The predicted octanol–water partition coefficient (Wildman–Crippen LogP) is 2.15. The van der Waals surface area contributed by atoms with Crippen LogP contribution in [-0.2, 0) is 4.79 Å². The highest BCUT2D eigenvalue weighted by atomic mass is 79.9. The van der Waals surface area contributed by atoms with E-state index in [1.54, 1.807) is 6.08 Å². The lowest BCUT2D eigenvalue weighted by molar-refractivity contribution is -0.139. The fourth-order valence-electron chi connectivity index (χ4n) is 1.66. The summed E-state index contributed by atoms with van der Waals surface area (Å²) in [6.45, 7) is 3.79. The van der Waals surface area contributed by atoms with Gasteiger partial charge in [-0.1, -0.05) is 19.9 Å². The Bertz CT molecular complexity index is 314. The van der Waals surface area contributed by atoms with E-state index in [-0.39, 0.29) is 17.3 Å². The maximum Gasteiger partial charge on any atom is 0.307 e. The zero-order valence-electron chi connectivity index (χ0n) is 7.41. The third-order valence-electron chi connectivity index (χ3n) is 2.61. The number of carbonyl (C=O) groups is 1. The predicted molar refractivity (Wildman–Crippen MR) is 51.0 cm³/mol. The zero-order chi connectivity index (χ0) is 10.2. The van der Waals surface area contributed by atoms with Crippen molar-refractivity contribution in [3.63, 3.8) is 0 Å². The first kappa shape index (κ1) is 10.3. The first-order chi connectivity index (χ1) is 5.91. The Morgan fingerprint density at radius 1 is 1.69 bits per heavy atom. The van der Waals surface area contributed by atoms with E-state index < -0.39 is 5.97 Å². The van der Waals surface area contributed by atoms with E-state index in [2.05, 4.69) is 15.9 Å². The normalized spacial score (nSPS) is 30.8. The van der Waals surface area contributed by atoms with Gasteiger partial charge in [0.25, 0.3) is 0 Å². The summed E-state index contributed by atoms with van der Waals surface area (Å²) in [5.74, 6) is -1.17. The topological polar surface area (TPSA) is 61.1 Å². The molecule has 1 aliphatic carbocycles. The molecule has 0 spiro atoms. The molecule has 1 N–H and O–H groups in total. The van der Waals surface area contributed by atoms with E-state index in [0.29, 0.717) is 4.48 Å². The number of hydrogen-bond acceptors (Lipinski definition) is 2. The standard InChI is InChI=1S/C9H10BrNO2/c1-9(2)6(3-5(10)4-11)7(9)8(12)13/h3,6-7H,1-2H3,(H,12,13)/b5-3+.